The van der Waals surface area contributed by atoms with Gasteiger partial charge in [0.1, 0.15) is 0 Å². The third-order valence-electron chi connectivity index (χ3n) is 8.94. The van der Waals surface area contributed by atoms with Crippen LogP contribution in [0.25, 0.3) is 11.6 Å². The zero-order chi connectivity index (χ0) is 30.2. The minimum Gasteiger partial charge on any atom is -0.504 e. The number of hydrogen-bond acceptors (Lipinski definition) is 6. The largest absolute Gasteiger partial charge is 0.504 e. The maximum Gasteiger partial charge on any atom is 0.238 e. The molecule has 43 heavy (non-hydrogen) atoms. The van der Waals surface area contributed by atoms with Gasteiger partial charge in [0.15, 0.2) is 11.5 Å². The summed E-state index contributed by atoms with van der Waals surface area (Å²) in [6.45, 7) is 4.78. The lowest BCUT2D eigenvalue weighted by molar-refractivity contribution is -0.122. The summed E-state index contributed by atoms with van der Waals surface area (Å²) < 4.78 is 12.6. The SMILES string of the molecule is COc1cc(/C=C(/CC[C@H]2OC[C@H]3C2=C(C(C)C)C[C@H]2C(=O)N(c4ccccc4)C(=O)[C@H]23)c2ccccn2)cc(I)c1O. The second-order valence-corrected chi connectivity index (χ2v) is 12.9. The lowest BCUT2D eigenvalue weighted by Crippen LogP contribution is -2.35. The van der Waals surface area contributed by atoms with Crippen LogP contribution in [-0.4, -0.2) is 41.7 Å². The highest BCUT2D eigenvalue weighted by molar-refractivity contribution is 14.1. The minimum absolute atomic E-state index is 0.0961. The summed E-state index contributed by atoms with van der Waals surface area (Å²) in [5.74, 6) is -0.263. The number of carbonyl (C=O) groups excluding carboxylic acids is 2. The number of phenols is 1. The van der Waals surface area contributed by atoms with Crippen molar-refractivity contribution in [3.05, 3.63) is 92.8 Å². The molecule has 3 heterocycles. The first-order valence-corrected chi connectivity index (χ1v) is 15.8. The van der Waals surface area contributed by atoms with Gasteiger partial charge in [-0.15, -0.1) is 0 Å². The van der Waals surface area contributed by atoms with Gasteiger partial charge in [0.05, 0.1) is 46.6 Å². The number of allylic oxidation sites excluding steroid dienone is 2. The second kappa shape index (κ2) is 12.2. The number of hydrogen-bond donors (Lipinski definition) is 1. The number of fused-ring (bicyclic) bond motifs is 3. The number of benzene rings is 2. The fraction of sp³-hybridized carbons (Fsp3) is 0.343. The molecule has 2 fully saturated rings. The molecule has 222 valence electrons. The molecule has 6 rings (SSSR count). The molecule has 1 aliphatic carbocycles. The van der Waals surface area contributed by atoms with Crippen LogP contribution in [0.5, 0.6) is 11.5 Å². The third kappa shape index (κ3) is 5.51. The first-order valence-electron chi connectivity index (χ1n) is 14.7. The fourth-order valence-corrected chi connectivity index (χ4v) is 7.56. The smallest absolute Gasteiger partial charge is 0.238 e. The standard InChI is InChI=1S/C35H35IN2O5/c1-20(2)24-18-25-32(35(41)38(34(25)40)23-9-5-4-6-10-23)26-19-43-29(31(24)26)13-12-22(28-11-7-8-14-37-28)15-21-16-27(36)33(39)30(17-21)42-3/h4-11,14-17,20,25-26,29,32,39H,12-13,18-19H2,1-3H3/b22-15-/t25-,26+,29-,32-/m1/s1. The molecule has 0 bridgehead atoms. The monoisotopic (exact) mass is 690 g/mol. The lowest BCUT2D eigenvalue weighted by Gasteiger charge is -2.33. The molecule has 2 aliphatic heterocycles. The Kier molecular flexibility index (Phi) is 8.42. The topological polar surface area (TPSA) is 89.0 Å². The predicted octanol–water partition coefficient (Wildman–Crippen LogP) is 6.90. The number of aromatic nitrogens is 1. The molecule has 0 spiro atoms. The molecule has 0 unspecified atom stereocenters. The number of imide groups is 1. The summed E-state index contributed by atoms with van der Waals surface area (Å²) in [4.78, 5) is 33.5. The number of methoxy groups -OCH3 is 1. The molecule has 4 atom stereocenters. The molecule has 2 amide bonds. The Morgan fingerprint density at radius 2 is 1.88 bits per heavy atom. The summed E-state index contributed by atoms with van der Waals surface area (Å²) in [7, 11) is 1.54. The van der Waals surface area contributed by atoms with Gasteiger partial charge in [0.2, 0.25) is 11.8 Å². The van der Waals surface area contributed by atoms with E-state index in [2.05, 4.69) is 47.5 Å². The number of rotatable bonds is 8. The molecule has 2 aromatic carbocycles. The molecule has 3 aliphatic rings. The molecule has 1 aromatic heterocycles. The van der Waals surface area contributed by atoms with E-state index in [0.717, 1.165) is 23.3 Å². The van der Waals surface area contributed by atoms with E-state index in [1.165, 1.54) is 16.0 Å². The van der Waals surface area contributed by atoms with Gasteiger partial charge < -0.3 is 14.6 Å². The summed E-state index contributed by atoms with van der Waals surface area (Å²) in [5, 5.41) is 10.3. The summed E-state index contributed by atoms with van der Waals surface area (Å²) in [6, 6.07) is 18.9. The average Bonchev–Trinajstić information content (AvgIpc) is 3.55. The number of nitrogens with zero attached hydrogens (tertiary/aromatic N) is 2. The van der Waals surface area contributed by atoms with Crippen LogP contribution in [0.4, 0.5) is 5.69 Å². The zero-order valence-corrected chi connectivity index (χ0v) is 26.7. The number of halogens is 1. The Morgan fingerprint density at radius 1 is 1.12 bits per heavy atom. The van der Waals surface area contributed by atoms with Crippen molar-refractivity contribution in [2.75, 3.05) is 18.6 Å². The van der Waals surface area contributed by atoms with Gasteiger partial charge in [0, 0.05) is 12.1 Å². The van der Waals surface area contributed by atoms with E-state index in [1.807, 2.05) is 60.7 Å². The Morgan fingerprint density at radius 3 is 2.58 bits per heavy atom. The van der Waals surface area contributed by atoms with Gasteiger partial charge in [-0.25, -0.2) is 0 Å². The molecule has 1 N–H and O–H groups in total. The molecule has 8 heteroatoms. The van der Waals surface area contributed by atoms with Gasteiger partial charge >= 0.3 is 0 Å². The number of carbonyl (C=O) groups is 2. The zero-order valence-electron chi connectivity index (χ0n) is 24.5. The summed E-state index contributed by atoms with van der Waals surface area (Å²) in [5.41, 5.74) is 5.93. The number of ether oxygens (including phenoxy) is 2. The van der Waals surface area contributed by atoms with Crippen molar-refractivity contribution in [3.8, 4) is 11.5 Å². The fourth-order valence-electron chi connectivity index (χ4n) is 6.94. The van der Waals surface area contributed by atoms with Crippen molar-refractivity contribution >= 4 is 51.7 Å². The highest BCUT2D eigenvalue weighted by Crippen LogP contribution is 2.52. The Bertz CT molecular complexity index is 1600. The van der Waals surface area contributed by atoms with E-state index >= 15 is 0 Å². The van der Waals surface area contributed by atoms with Crippen molar-refractivity contribution in [2.24, 2.45) is 23.7 Å². The van der Waals surface area contributed by atoms with Crippen LogP contribution < -0.4 is 9.64 Å². The van der Waals surface area contributed by atoms with Gasteiger partial charge in [-0.1, -0.05) is 43.7 Å². The molecular weight excluding hydrogens is 655 g/mol. The molecule has 7 nitrogen and oxygen atoms in total. The average molecular weight is 691 g/mol. The number of aromatic hydroxyl groups is 1. The van der Waals surface area contributed by atoms with Gasteiger partial charge in [-0.2, -0.15) is 0 Å². The first kappa shape index (κ1) is 29.6. The van der Waals surface area contributed by atoms with E-state index in [9.17, 15) is 14.7 Å². The first-order chi connectivity index (χ1) is 20.8. The Balaban J connectivity index is 1.30. The molecule has 0 radical (unpaired) electrons. The molecule has 3 aromatic rings. The number of amides is 2. The number of para-hydroxylation sites is 1. The van der Waals surface area contributed by atoms with E-state index in [1.54, 1.807) is 13.3 Å². The third-order valence-corrected chi connectivity index (χ3v) is 9.76. The number of phenolic OH excluding ortho intramolecular Hbond substituents is 1. The van der Waals surface area contributed by atoms with Crippen molar-refractivity contribution in [1.29, 1.82) is 0 Å². The van der Waals surface area contributed by atoms with Crippen LogP contribution in [0, 0.1) is 27.2 Å². The maximum absolute atomic E-state index is 13.8. The van der Waals surface area contributed by atoms with Crippen LogP contribution >= 0.6 is 22.6 Å². The lowest BCUT2D eigenvalue weighted by atomic mass is 9.67. The number of anilines is 1. The summed E-state index contributed by atoms with van der Waals surface area (Å²) >= 11 is 2.11. The van der Waals surface area contributed by atoms with Crippen molar-refractivity contribution in [2.45, 2.75) is 39.2 Å². The van der Waals surface area contributed by atoms with Crippen molar-refractivity contribution in [3.63, 3.8) is 0 Å². The Hall–Kier alpha value is -3.50. The van der Waals surface area contributed by atoms with Crippen LogP contribution in [0.1, 0.15) is 44.4 Å². The molecule has 2 saturated heterocycles. The predicted molar refractivity (Wildman–Crippen MR) is 174 cm³/mol. The van der Waals surface area contributed by atoms with E-state index < -0.39 is 5.92 Å². The second-order valence-electron chi connectivity index (χ2n) is 11.7. The molecule has 0 saturated carbocycles. The van der Waals surface area contributed by atoms with Gasteiger partial charge in [-0.05, 0) is 107 Å². The summed E-state index contributed by atoms with van der Waals surface area (Å²) in [6.07, 6.45) is 5.74. The molecular formula is C35H35IN2O5. The quantitative estimate of drug-likeness (QED) is 0.157. The van der Waals surface area contributed by atoms with Crippen LogP contribution in [-0.2, 0) is 14.3 Å². The van der Waals surface area contributed by atoms with Crippen molar-refractivity contribution < 1.29 is 24.2 Å². The van der Waals surface area contributed by atoms with E-state index in [4.69, 9.17) is 9.47 Å². The Labute approximate surface area is 265 Å². The van der Waals surface area contributed by atoms with Crippen LogP contribution in [0.3, 0.4) is 0 Å². The van der Waals surface area contributed by atoms with Crippen LogP contribution in [0.2, 0.25) is 0 Å². The minimum atomic E-state index is -0.396. The van der Waals surface area contributed by atoms with E-state index in [0.29, 0.717) is 34.5 Å². The van der Waals surface area contributed by atoms with Crippen molar-refractivity contribution in [1.82, 2.24) is 4.98 Å². The van der Waals surface area contributed by atoms with E-state index in [-0.39, 0.29) is 41.4 Å². The van der Waals surface area contributed by atoms with Crippen LogP contribution in [0.15, 0.2) is 78.0 Å². The maximum atomic E-state index is 13.8. The van der Waals surface area contributed by atoms with Gasteiger partial charge in [-0.3, -0.25) is 19.5 Å². The number of pyridine rings is 1. The normalized spacial score (nSPS) is 23.7. The highest BCUT2D eigenvalue weighted by atomic mass is 127. The highest BCUT2D eigenvalue weighted by Gasteiger charge is 2.57. The van der Waals surface area contributed by atoms with Gasteiger partial charge in [0.25, 0.3) is 0 Å².